The number of rotatable bonds is 2. The Hall–Kier alpha value is -1.08. The standard InChI is InChI=1S/C11H17N3S/c1-7-11(5,6)13-9-12-8(14-15-9)10(2,3)4/h1H,2-6H3,(H,12,13,14). The van der Waals surface area contributed by atoms with Crippen LogP contribution in [0.25, 0.3) is 0 Å². The van der Waals surface area contributed by atoms with Crippen LogP contribution in [0.2, 0.25) is 0 Å². The highest BCUT2D eigenvalue weighted by molar-refractivity contribution is 7.09. The molecule has 0 aliphatic carbocycles. The van der Waals surface area contributed by atoms with Crippen LogP contribution in [0.5, 0.6) is 0 Å². The minimum atomic E-state index is -0.380. The molecule has 0 aliphatic rings. The van der Waals surface area contributed by atoms with E-state index in [9.17, 15) is 0 Å². The highest BCUT2D eigenvalue weighted by Gasteiger charge is 2.21. The molecule has 0 spiro atoms. The molecule has 3 nitrogen and oxygen atoms in total. The van der Waals surface area contributed by atoms with Crippen LogP contribution in [0, 0.1) is 12.3 Å². The first kappa shape index (κ1) is 12.0. The van der Waals surface area contributed by atoms with Crippen LogP contribution in [0.4, 0.5) is 5.13 Å². The Morgan fingerprint density at radius 3 is 2.27 bits per heavy atom. The van der Waals surface area contributed by atoms with Gasteiger partial charge in [-0.2, -0.15) is 4.37 Å². The van der Waals surface area contributed by atoms with E-state index >= 15 is 0 Å². The van der Waals surface area contributed by atoms with Crippen molar-refractivity contribution >= 4 is 16.7 Å². The van der Waals surface area contributed by atoms with Gasteiger partial charge in [0.15, 0.2) is 0 Å². The van der Waals surface area contributed by atoms with Crippen molar-refractivity contribution in [3.8, 4) is 12.3 Å². The van der Waals surface area contributed by atoms with E-state index in [2.05, 4.69) is 41.4 Å². The lowest BCUT2D eigenvalue weighted by atomic mass is 9.96. The van der Waals surface area contributed by atoms with Crippen LogP contribution < -0.4 is 5.32 Å². The molecule has 0 saturated carbocycles. The minimum absolute atomic E-state index is 0.0171. The Balaban J connectivity index is 2.83. The van der Waals surface area contributed by atoms with Crippen molar-refractivity contribution in [3.05, 3.63) is 5.82 Å². The number of hydrogen-bond donors (Lipinski definition) is 1. The summed E-state index contributed by atoms with van der Waals surface area (Å²) in [5.41, 5.74) is -0.397. The molecule has 15 heavy (non-hydrogen) atoms. The zero-order chi connectivity index (χ0) is 11.7. The molecule has 1 heterocycles. The Kier molecular flexibility index (Phi) is 3.05. The van der Waals surface area contributed by atoms with E-state index in [1.165, 1.54) is 11.5 Å². The molecule has 1 aromatic heterocycles. The molecule has 0 fully saturated rings. The largest absolute Gasteiger partial charge is 0.345 e. The van der Waals surface area contributed by atoms with Crippen LogP contribution in [-0.2, 0) is 5.41 Å². The number of nitrogens with one attached hydrogen (secondary N) is 1. The molecule has 0 atom stereocenters. The van der Waals surface area contributed by atoms with E-state index in [1.54, 1.807) is 0 Å². The molecule has 0 radical (unpaired) electrons. The highest BCUT2D eigenvalue weighted by Crippen LogP contribution is 2.24. The van der Waals surface area contributed by atoms with E-state index in [0.29, 0.717) is 0 Å². The van der Waals surface area contributed by atoms with Crippen molar-refractivity contribution in [2.45, 2.75) is 45.6 Å². The van der Waals surface area contributed by atoms with Gasteiger partial charge in [0.05, 0.1) is 5.54 Å². The molecule has 0 aromatic carbocycles. The van der Waals surface area contributed by atoms with Gasteiger partial charge in [-0.05, 0) is 13.8 Å². The van der Waals surface area contributed by atoms with Gasteiger partial charge in [-0.25, -0.2) is 4.98 Å². The molecule has 82 valence electrons. The van der Waals surface area contributed by atoms with Crippen molar-refractivity contribution < 1.29 is 0 Å². The van der Waals surface area contributed by atoms with E-state index in [4.69, 9.17) is 6.42 Å². The monoisotopic (exact) mass is 223 g/mol. The first-order chi connectivity index (χ1) is 6.74. The molecule has 0 amide bonds. The van der Waals surface area contributed by atoms with Crippen molar-refractivity contribution in [3.63, 3.8) is 0 Å². The summed E-state index contributed by atoms with van der Waals surface area (Å²) in [5, 5.41) is 3.95. The van der Waals surface area contributed by atoms with Crippen LogP contribution in [-0.4, -0.2) is 14.9 Å². The van der Waals surface area contributed by atoms with Gasteiger partial charge in [-0.1, -0.05) is 26.7 Å². The topological polar surface area (TPSA) is 37.8 Å². The molecular weight excluding hydrogens is 206 g/mol. The summed E-state index contributed by atoms with van der Waals surface area (Å²) in [6.45, 7) is 10.1. The number of hydrogen-bond acceptors (Lipinski definition) is 4. The fourth-order valence-corrected chi connectivity index (χ4v) is 1.80. The van der Waals surface area contributed by atoms with Gasteiger partial charge < -0.3 is 5.32 Å². The average Bonchev–Trinajstić information content (AvgIpc) is 2.51. The molecule has 1 aromatic rings. The lowest BCUT2D eigenvalue weighted by Crippen LogP contribution is -2.28. The van der Waals surface area contributed by atoms with Gasteiger partial charge in [-0.15, -0.1) is 6.42 Å². The van der Waals surface area contributed by atoms with Gasteiger partial charge in [-0.3, -0.25) is 0 Å². The molecule has 0 saturated heterocycles. The number of aromatic nitrogens is 2. The predicted octanol–water partition coefficient (Wildman–Crippen LogP) is 2.66. The maximum absolute atomic E-state index is 5.39. The quantitative estimate of drug-likeness (QED) is 0.783. The summed E-state index contributed by atoms with van der Waals surface area (Å²) in [6, 6.07) is 0. The average molecular weight is 223 g/mol. The molecule has 4 heteroatoms. The molecule has 0 aliphatic heterocycles. The first-order valence-electron chi connectivity index (χ1n) is 4.85. The molecule has 1 rings (SSSR count). The lowest BCUT2D eigenvalue weighted by Gasteiger charge is -2.18. The van der Waals surface area contributed by atoms with Crippen LogP contribution in [0.1, 0.15) is 40.4 Å². The van der Waals surface area contributed by atoms with Crippen LogP contribution in [0.15, 0.2) is 0 Å². The van der Waals surface area contributed by atoms with E-state index < -0.39 is 0 Å². The van der Waals surface area contributed by atoms with E-state index in [-0.39, 0.29) is 11.0 Å². The Bertz CT molecular complexity index is 379. The highest BCUT2D eigenvalue weighted by atomic mass is 32.1. The Labute approximate surface area is 95.5 Å². The zero-order valence-corrected chi connectivity index (χ0v) is 10.7. The fourth-order valence-electron chi connectivity index (χ4n) is 0.882. The Morgan fingerprint density at radius 2 is 1.87 bits per heavy atom. The molecule has 0 unspecified atom stereocenters. The summed E-state index contributed by atoms with van der Waals surface area (Å²) in [7, 11) is 0. The third-order valence-corrected chi connectivity index (χ3v) is 2.51. The summed E-state index contributed by atoms with van der Waals surface area (Å²) < 4.78 is 4.31. The van der Waals surface area contributed by atoms with E-state index in [1.807, 2.05) is 13.8 Å². The summed E-state index contributed by atoms with van der Waals surface area (Å²) >= 11 is 1.35. The third kappa shape index (κ3) is 3.21. The Morgan fingerprint density at radius 1 is 1.27 bits per heavy atom. The van der Waals surface area contributed by atoms with E-state index in [0.717, 1.165) is 11.0 Å². The first-order valence-corrected chi connectivity index (χ1v) is 5.62. The van der Waals surface area contributed by atoms with Crippen molar-refractivity contribution in [2.75, 3.05) is 5.32 Å². The second kappa shape index (κ2) is 3.82. The maximum atomic E-state index is 5.39. The smallest absolute Gasteiger partial charge is 0.203 e. The van der Waals surface area contributed by atoms with Gasteiger partial charge in [0.1, 0.15) is 5.82 Å². The van der Waals surface area contributed by atoms with Crippen molar-refractivity contribution in [2.24, 2.45) is 0 Å². The van der Waals surface area contributed by atoms with Crippen molar-refractivity contribution in [1.82, 2.24) is 9.36 Å². The fraction of sp³-hybridized carbons (Fsp3) is 0.636. The summed E-state index contributed by atoms with van der Waals surface area (Å²) in [6.07, 6.45) is 5.39. The second-order valence-electron chi connectivity index (χ2n) is 5.07. The SMILES string of the molecule is C#CC(C)(C)Nc1nc(C(C)(C)C)ns1. The van der Waals surface area contributed by atoms with Crippen LogP contribution >= 0.6 is 11.5 Å². The zero-order valence-electron chi connectivity index (χ0n) is 9.88. The van der Waals surface area contributed by atoms with Gasteiger partial charge in [0.25, 0.3) is 0 Å². The predicted molar refractivity (Wildman–Crippen MR) is 65.1 cm³/mol. The molecular formula is C11H17N3S. The van der Waals surface area contributed by atoms with Gasteiger partial charge >= 0.3 is 0 Å². The summed E-state index contributed by atoms with van der Waals surface area (Å²) in [5.74, 6) is 3.52. The normalized spacial score (nSPS) is 12.3. The van der Waals surface area contributed by atoms with Crippen molar-refractivity contribution in [1.29, 1.82) is 0 Å². The second-order valence-corrected chi connectivity index (χ2v) is 5.82. The molecule has 1 N–H and O–H groups in total. The summed E-state index contributed by atoms with van der Waals surface area (Å²) in [4.78, 5) is 4.42. The lowest BCUT2D eigenvalue weighted by molar-refractivity contribution is 0.554. The number of nitrogens with zero attached hydrogens (tertiary/aromatic N) is 2. The van der Waals surface area contributed by atoms with Gasteiger partial charge in [0.2, 0.25) is 5.13 Å². The number of terminal acetylenes is 1. The van der Waals surface area contributed by atoms with Crippen LogP contribution in [0.3, 0.4) is 0 Å². The maximum Gasteiger partial charge on any atom is 0.203 e. The third-order valence-electron chi connectivity index (χ3n) is 1.88. The minimum Gasteiger partial charge on any atom is -0.345 e. The number of anilines is 1. The molecule has 0 bridgehead atoms. The van der Waals surface area contributed by atoms with Gasteiger partial charge in [0, 0.05) is 16.9 Å².